The molecule has 4 heterocycles. The Hall–Kier alpha value is -15.9. The molecule has 0 atom stereocenters. The minimum atomic E-state index is -0.151. The zero-order valence-electron chi connectivity index (χ0n) is 76.6. The third-order valence-electron chi connectivity index (χ3n) is 22.4. The maximum absolute atomic E-state index is 13.2. The van der Waals surface area contributed by atoms with E-state index >= 15 is 0 Å². The number of aliphatic hydroxyl groups is 1. The summed E-state index contributed by atoms with van der Waals surface area (Å²) in [6.45, 7) is 17.6. The Morgan fingerprint density at radius 1 is 0.250 bits per heavy atom. The van der Waals surface area contributed by atoms with Crippen molar-refractivity contribution in [2.45, 2.75) is 88.2 Å². The largest absolute Gasteiger partial charge is 0.497 e. The van der Waals surface area contributed by atoms with Crippen LogP contribution in [0.15, 0.2) is 328 Å². The Labute approximate surface area is 772 Å². The Morgan fingerprint density at radius 3 is 0.848 bits per heavy atom. The summed E-state index contributed by atoms with van der Waals surface area (Å²) in [6, 6.07) is 99.5. The molecule has 0 radical (unpaired) electrons. The van der Waals surface area contributed by atoms with Crippen molar-refractivity contribution in [1.29, 1.82) is 0 Å². The molecule has 0 aliphatic rings. The SMILES string of the molecule is COc1ccc(-c2cc(C(=O)NCc3ccc(C)nc3)cc(-c3ccc(C)cc3)c2)c(OC)c1.COc1ccc(-c2cc(C(=O)NCc3ccc(C)nc3)cc(-c3ccc(C)cc3)c2)cc1.COc1ccc(-c2cc(C(=O)NCc3ccc(C)nc3)cc(-c3ccc(C)cc3)c2)cc1OC.Cc1ccc(-c2cc(C(=O)NCc3ccc(C)nc3)cc(-c3ccccc3CO)c2)cc1. The molecule has 0 spiro atoms. The van der Waals surface area contributed by atoms with Crippen molar-refractivity contribution in [3.05, 3.63) is 423 Å². The number of aromatic nitrogens is 4. The normalized spacial score (nSPS) is 10.6. The molecule has 0 fully saturated rings. The highest BCUT2D eigenvalue weighted by Crippen LogP contribution is 2.40. The van der Waals surface area contributed by atoms with Crippen LogP contribution in [0, 0.1) is 55.4 Å². The third-order valence-corrected chi connectivity index (χ3v) is 22.4. The van der Waals surface area contributed by atoms with Gasteiger partial charge in [0.25, 0.3) is 23.6 Å². The number of hydrogen-bond acceptors (Lipinski definition) is 14. The standard InChI is InChI=1S/2C29H28N2O3.2C28H26N2O2/c1-19-5-9-22(10-6-19)23-13-24(27-12-11-26(33-3)16-28(27)34-4)15-25(14-23)29(32)31-18-21-8-7-20(2)30-17-21;1-19-5-9-22(10-6-19)24-13-25(23-11-12-27(33-3)28(16-23)34-4)15-26(14-24)29(32)31-18-21-8-7-20(2)30-17-21;1-19-4-8-22(9-5-19)24-14-25(23-10-12-27(32-3)13-11-23)16-26(15-24)28(31)30-18-21-7-6-20(2)29-17-21;1-19-7-11-22(12-8-19)24-13-25(27-6-4-3-5-23(27)18-31)15-26(14-24)28(32)30-17-21-10-9-20(2)29-16-21/h2*5-17H,18H2,1-4H3,(H,31,32);4-17H,18H2,1-3H3,(H,30,31);3-16,31H,17-18H2,1-2H3,(H,30,32). The quantitative estimate of drug-likeness (QED) is 0.0339. The average molecular weight is 1750 g/mol. The van der Waals surface area contributed by atoms with Gasteiger partial charge >= 0.3 is 0 Å². The van der Waals surface area contributed by atoms with E-state index in [2.05, 4.69) is 190 Å². The molecule has 0 saturated carbocycles. The van der Waals surface area contributed by atoms with Gasteiger partial charge in [-0.1, -0.05) is 186 Å². The van der Waals surface area contributed by atoms with Crippen LogP contribution in [0.2, 0.25) is 0 Å². The molecule has 5 N–H and O–H groups in total. The number of nitrogens with one attached hydrogen (secondary N) is 4. The van der Waals surface area contributed by atoms with E-state index in [9.17, 15) is 24.3 Å². The van der Waals surface area contributed by atoms with Gasteiger partial charge in [-0.2, -0.15) is 0 Å². The first-order valence-electron chi connectivity index (χ1n) is 43.4. The first kappa shape index (κ1) is 93.7. The molecule has 0 bridgehead atoms. The number of amides is 4. The Balaban J connectivity index is 0.000000150. The predicted molar refractivity (Wildman–Crippen MR) is 527 cm³/mol. The van der Waals surface area contributed by atoms with E-state index in [0.717, 1.165) is 145 Å². The number of rotatable bonds is 26. The van der Waals surface area contributed by atoms with Crippen molar-refractivity contribution in [3.8, 4) is 118 Å². The van der Waals surface area contributed by atoms with Gasteiger partial charge in [-0.05, 0) is 300 Å². The van der Waals surface area contributed by atoms with Gasteiger partial charge in [0.15, 0.2) is 11.5 Å². The van der Waals surface area contributed by atoms with E-state index in [1.54, 1.807) is 60.3 Å². The van der Waals surface area contributed by atoms with Crippen LogP contribution in [-0.2, 0) is 32.8 Å². The van der Waals surface area contributed by atoms with Crippen LogP contribution < -0.4 is 45.0 Å². The molecular weight excluding hydrogens is 1640 g/mol. The van der Waals surface area contributed by atoms with Gasteiger partial charge in [0.2, 0.25) is 0 Å². The summed E-state index contributed by atoms with van der Waals surface area (Å²) in [5.74, 6) is 2.92. The lowest BCUT2D eigenvalue weighted by atomic mass is 9.93. The van der Waals surface area contributed by atoms with E-state index in [4.69, 9.17) is 23.7 Å². The summed E-state index contributed by atoms with van der Waals surface area (Å²) in [4.78, 5) is 69.7. The zero-order chi connectivity index (χ0) is 93.2. The summed E-state index contributed by atoms with van der Waals surface area (Å²) in [5.41, 5.74) is 31.0. The molecule has 0 aliphatic heterocycles. The van der Waals surface area contributed by atoms with Crippen LogP contribution in [0.3, 0.4) is 0 Å². The number of aryl methyl sites for hydroxylation is 8. The molecule has 664 valence electrons. The number of pyridine rings is 4. The number of carbonyl (C=O) groups excluding carboxylic acids is 4. The number of hydrogen-bond donors (Lipinski definition) is 5. The van der Waals surface area contributed by atoms with Crippen molar-refractivity contribution < 1.29 is 48.0 Å². The lowest BCUT2D eigenvalue weighted by Crippen LogP contribution is -2.23. The second kappa shape index (κ2) is 45.2. The fourth-order valence-corrected chi connectivity index (χ4v) is 14.7. The molecule has 16 rings (SSSR count). The number of aliphatic hydroxyl groups excluding tert-OH is 1. The molecule has 16 aromatic rings. The van der Waals surface area contributed by atoms with Gasteiger partial charge in [-0.25, -0.2) is 0 Å². The Kier molecular flexibility index (Phi) is 32.1. The zero-order valence-corrected chi connectivity index (χ0v) is 76.6. The van der Waals surface area contributed by atoms with Gasteiger partial charge in [0.1, 0.15) is 17.2 Å². The summed E-state index contributed by atoms with van der Waals surface area (Å²) in [5, 5.41) is 21.9. The van der Waals surface area contributed by atoms with E-state index in [-0.39, 0.29) is 30.2 Å². The topological polar surface area (TPSA) is 234 Å². The molecule has 4 aromatic heterocycles. The van der Waals surface area contributed by atoms with Crippen molar-refractivity contribution in [2.24, 2.45) is 0 Å². The molecule has 0 aliphatic carbocycles. The minimum Gasteiger partial charge on any atom is -0.497 e. The van der Waals surface area contributed by atoms with Crippen LogP contribution in [0.25, 0.3) is 89.0 Å². The number of methoxy groups -OCH3 is 5. The van der Waals surface area contributed by atoms with Gasteiger partial charge in [-0.3, -0.25) is 39.1 Å². The van der Waals surface area contributed by atoms with Crippen LogP contribution in [-0.4, -0.2) is 84.2 Å². The van der Waals surface area contributed by atoms with Crippen molar-refractivity contribution >= 4 is 23.6 Å². The molecule has 18 nitrogen and oxygen atoms in total. The van der Waals surface area contributed by atoms with Crippen molar-refractivity contribution in [1.82, 2.24) is 41.2 Å². The fraction of sp³-hybridized carbons (Fsp3) is 0.158. The van der Waals surface area contributed by atoms with E-state index in [0.29, 0.717) is 71.4 Å². The van der Waals surface area contributed by atoms with Crippen LogP contribution in [0.1, 0.15) is 114 Å². The molecule has 18 heteroatoms. The monoisotopic (exact) mass is 1750 g/mol. The van der Waals surface area contributed by atoms with E-state index < -0.39 is 0 Å². The molecular formula is C114H108N8O10. The van der Waals surface area contributed by atoms with Gasteiger partial charge < -0.3 is 50.1 Å². The van der Waals surface area contributed by atoms with E-state index in [1.807, 2.05) is 210 Å². The number of ether oxygens (including phenoxy) is 5. The van der Waals surface area contributed by atoms with Crippen LogP contribution in [0.4, 0.5) is 0 Å². The highest BCUT2D eigenvalue weighted by molar-refractivity contribution is 6.00. The summed E-state index contributed by atoms with van der Waals surface area (Å²) in [7, 11) is 8.13. The summed E-state index contributed by atoms with van der Waals surface area (Å²) in [6.07, 6.45) is 7.14. The van der Waals surface area contributed by atoms with Gasteiger partial charge in [-0.15, -0.1) is 0 Å². The van der Waals surface area contributed by atoms with Gasteiger partial charge in [0.05, 0.1) is 42.2 Å². The smallest absolute Gasteiger partial charge is 0.251 e. The number of nitrogens with zero attached hydrogens (tertiary/aromatic N) is 4. The van der Waals surface area contributed by atoms with Crippen molar-refractivity contribution in [2.75, 3.05) is 35.5 Å². The highest BCUT2D eigenvalue weighted by Gasteiger charge is 2.20. The fourth-order valence-electron chi connectivity index (χ4n) is 14.7. The lowest BCUT2D eigenvalue weighted by Gasteiger charge is -2.14. The van der Waals surface area contributed by atoms with Crippen LogP contribution >= 0.6 is 0 Å². The second-order valence-electron chi connectivity index (χ2n) is 32.3. The molecule has 132 heavy (non-hydrogen) atoms. The van der Waals surface area contributed by atoms with Crippen molar-refractivity contribution in [3.63, 3.8) is 0 Å². The first-order valence-corrected chi connectivity index (χ1v) is 43.4. The third kappa shape index (κ3) is 25.5. The first-order chi connectivity index (χ1) is 64.0. The average Bonchev–Trinajstić information content (AvgIpc) is 0.806. The lowest BCUT2D eigenvalue weighted by molar-refractivity contribution is 0.0943. The maximum atomic E-state index is 13.2. The summed E-state index contributed by atoms with van der Waals surface area (Å²) >= 11 is 0. The maximum Gasteiger partial charge on any atom is 0.251 e. The molecule has 12 aromatic carbocycles. The number of benzene rings is 12. The molecule has 4 amide bonds. The highest BCUT2D eigenvalue weighted by atomic mass is 16.5. The Morgan fingerprint density at radius 2 is 0.538 bits per heavy atom. The summed E-state index contributed by atoms with van der Waals surface area (Å²) < 4.78 is 27.1. The second-order valence-corrected chi connectivity index (χ2v) is 32.3. The van der Waals surface area contributed by atoms with Crippen LogP contribution in [0.5, 0.6) is 28.7 Å². The Bertz CT molecular complexity index is 6650. The van der Waals surface area contributed by atoms with E-state index in [1.165, 1.54) is 22.3 Å². The molecule has 0 saturated heterocycles. The number of carbonyl (C=O) groups is 4. The predicted octanol–water partition coefficient (Wildman–Crippen LogP) is 23.4. The molecule has 0 unspecified atom stereocenters. The van der Waals surface area contributed by atoms with Gasteiger partial charge in [0, 0.05) is 108 Å². The minimum absolute atomic E-state index is 0.0626.